The first kappa shape index (κ1) is 16.6. The third-order valence-electron chi connectivity index (χ3n) is 4.55. The highest BCUT2D eigenvalue weighted by atomic mass is 35.5. The van der Waals surface area contributed by atoms with E-state index in [1.807, 2.05) is 24.3 Å². The van der Waals surface area contributed by atoms with Gasteiger partial charge in [0.25, 0.3) is 0 Å². The Bertz CT molecular complexity index is 930. The second-order valence-electron chi connectivity index (χ2n) is 6.35. The zero-order chi connectivity index (χ0) is 17.1. The second kappa shape index (κ2) is 7.58. The zero-order valence-corrected chi connectivity index (χ0v) is 15.5. The zero-order valence-electron chi connectivity index (χ0n) is 14.0. The Morgan fingerprint density at radius 3 is 2.72 bits per heavy atom. The van der Waals surface area contributed by atoms with Gasteiger partial charge in [-0.2, -0.15) is 4.37 Å². The van der Waals surface area contributed by atoms with E-state index in [-0.39, 0.29) is 0 Å². The third kappa shape index (κ3) is 3.88. The van der Waals surface area contributed by atoms with Crippen molar-refractivity contribution in [2.45, 2.75) is 19.3 Å². The van der Waals surface area contributed by atoms with Crippen molar-refractivity contribution in [1.29, 1.82) is 0 Å². The molecule has 3 aromatic rings. The van der Waals surface area contributed by atoms with Crippen molar-refractivity contribution < 1.29 is 0 Å². The summed E-state index contributed by atoms with van der Waals surface area (Å²) in [6.07, 6.45) is 3.49. The van der Waals surface area contributed by atoms with Crippen LogP contribution in [0.2, 0.25) is 5.02 Å². The minimum absolute atomic E-state index is 0.745. The van der Waals surface area contributed by atoms with Crippen molar-refractivity contribution in [3.05, 3.63) is 53.1 Å². The number of halogens is 1. The van der Waals surface area contributed by atoms with Gasteiger partial charge in [0.05, 0.1) is 10.4 Å². The van der Waals surface area contributed by atoms with Gasteiger partial charge in [-0.1, -0.05) is 41.6 Å². The Balaban J connectivity index is 1.47. The first-order chi connectivity index (χ1) is 12.3. The van der Waals surface area contributed by atoms with Crippen LogP contribution >= 0.6 is 23.1 Å². The molecule has 0 bridgehead atoms. The summed E-state index contributed by atoms with van der Waals surface area (Å²) in [7, 11) is 0. The van der Waals surface area contributed by atoms with Gasteiger partial charge in [-0.25, -0.2) is 0 Å². The lowest BCUT2D eigenvalue weighted by Gasteiger charge is -2.30. The number of likely N-dealkylation sites (tertiary alicyclic amines) is 1. The summed E-state index contributed by atoms with van der Waals surface area (Å²) in [6, 6.07) is 14.2. The lowest BCUT2D eigenvalue weighted by atomic mass is 10.1. The molecule has 0 spiro atoms. The average Bonchev–Trinajstić information content (AvgIpc) is 3.00. The van der Waals surface area contributed by atoms with Crippen LogP contribution in [0, 0.1) is 11.8 Å². The normalized spacial score (nSPS) is 14.1. The van der Waals surface area contributed by atoms with Crippen molar-refractivity contribution >= 4 is 33.2 Å². The van der Waals surface area contributed by atoms with Crippen molar-refractivity contribution in [2.24, 2.45) is 0 Å². The van der Waals surface area contributed by atoms with Crippen LogP contribution in [0.5, 0.6) is 0 Å². The summed E-state index contributed by atoms with van der Waals surface area (Å²) in [5.74, 6) is 6.60. The predicted molar refractivity (Wildman–Crippen MR) is 107 cm³/mol. The van der Waals surface area contributed by atoms with E-state index in [0.29, 0.717) is 0 Å². The summed E-state index contributed by atoms with van der Waals surface area (Å²) >= 11 is 7.50. The van der Waals surface area contributed by atoms with E-state index in [9.17, 15) is 0 Å². The van der Waals surface area contributed by atoms with Gasteiger partial charge in [0.15, 0.2) is 0 Å². The monoisotopic (exact) mass is 366 g/mol. The minimum Gasteiger partial charge on any atom is -0.303 e. The number of aromatic nitrogens is 1. The Morgan fingerprint density at radius 1 is 1.12 bits per heavy atom. The molecule has 2 heterocycles. The predicted octanol–water partition coefficient (Wildman–Crippen LogP) is 5.45. The minimum atomic E-state index is 0.745. The molecule has 1 aromatic heterocycles. The van der Waals surface area contributed by atoms with E-state index >= 15 is 0 Å². The molecule has 0 aliphatic carbocycles. The standard InChI is InChI=1S/C21H19ClN2S/c22-18-9-7-17(8-10-18)21-19-11-6-16(15-20(19)25-23-21)5-2-1-3-12-24-13-4-14-24/h6-11,15H,1,3-4,12-14H2. The van der Waals surface area contributed by atoms with Gasteiger partial charge in [0.2, 0.25) is 0 Å². The Kier molecular flexibility index (Phi) is 5.03. The molecule has 0 unspecified atom stereocenters. The molecule has 0 amide bonds. The van der Waals surface area contributed by atoms with Gasteiger partial charge in [-0.3, -0.25) is 0 Å². The largest absolute Gasteiger partial charge is 0.303 e. The summed E-state index contributed by atoms with van der Waals surface area (Å²) in [5.41, 5.74) is 3.19. The number of unbranched alkanes of at least 4 members (excludes halogenated alkanes) is 1. The molecule has 1 fully saturated rings. The van der Waals surface area contributed by atoms with Crippen LogP contribution < -0.4 is 0 Å². The van der Waals surface area contributed by atoms with Gasteiger partial charge < -0.3 is 4.90 Å². The maximum absolute atomic E-state index is 5.98. The summed E-state index contributed by atoms with van der Waals surface area (Å²) in [5, 5.41) is 1.92. The van der Waals surface area contributed by atoms with E-state index in [1.54, 1.807) is 0 Å². The number of hydrogen-bond acceptors (Lipinski definition) is 3. The quantitative estimate of drug-likeness (QED) is 0.450. The fourth-order valence-electron chi connectivity index (χ4n) is 2.99. The number of fused-ring (bicyclic) bond motifs is 1. The fraction of sp³-hybridized carbons (Fsp3) is 0.286. The van der Waals surface area contributed by atoms with Crippen LogP contribution in [-0.2, 0) is 0 Å². The number of benzene rings is 2. The molecule has 4 rings (SSSR count). The molecule has 25 heavy (non-hydrogen) atoms. The van der Waals surface area contributed by atoms with Gasteiger partial charge >= 0.3 is 0 Å². The summed E-state index contributed by atoms with van der Waals surface area (Å²) in [4.78, 5) is 2.49. The van der Waals surface area contributed by atoms with Gasteiger partial charge in [0, 0.05) is 28.0 Å². The van der Waals surface area contributed by atoms with E-state index in [2.05, 4.69) is 39.3 Å². The molecule has 0 saturated carbocycles. The number of rotatable bonds is 4. The Hall–Kier alpha value is -1.86. The van der Waals surface area contributed by atoms with Crippen molar-refractivity contribution in [3.63, 3.8) is 0 Å². The van der Waals surface area contributed by atoms with Crippen LogP contribution in [0.15, 0.2) is 42.5 Å². The lowest BCUT2D eigenvalue weighted by Crippen LogP contribution is -2.37. The molecule has 0 radical (unpaired) electrons. The molecule has 1 aliphatic rings. The topological polar surface area (TPSA) is 16.1 Å². The second-order valence-corrected chi connectivity index (χ2v) is 7.59. The van der Waals surface area contributed by atoms with Crippen molar-refractivity contribution in [2.75, 3.05) is 19.6 Å². The Morgan fingerprint density at radius 2 is 1.96 bits per heavy atom. The maximum Gasteiger partial charge on any atom is 0.0919 e. The van der Waals surface area contributed by atoms with E-state index in [0.717, 1.165) is 34.7 Å². The fourth-order valence-corrected chi connectivity index (χ4v) is 3.95. The van der Waals surface area contributed by atoms with Crippen molar-refractivity contribution in [1.82, 2.24) is 9.27 Å². The molecule has 2 nitrogen and oxygen atoms in total. The molecule has 126 valence electrons. The first-order valence-corrected chi connectivity index (χ1v) is 9.81. The molecule has 0 atom stereocenters. The first-order valence-electron chi connectivity index (χ1n) is 8.66. The van der Waals surface area contributed by atoms with Gasteiger partial charge in [-0.15, -0.1) is 0 Å². The third-order valence-corrected chi connectivity index (χ3v) is 5.61. The number of nitrogens with zero attached hydrogens (tertiary/aromatic N) is 2. The summed E-state index contributed by atoms with van der Waals surface area (Å²) < 4.78 is 5.80. The summed E-state index contributed by atoms with van der Waals surface area (Å²) in [6.45, 7) is 3.73. The highest BCUT2D eigenvalue weighted by Crippen LogP contribution is 2.31. The highest BCUT2D eigenvalue weighted by Gasteiger charge is 2.11. The van der Waals surface area contributed by atoms with Crippen LogP contribution in [0.3, 0.4) is 0 Å². The van der Waals surface area contributed by atoms with Crippen LogP contribution in [-0.4, -0.2) is 28.9 Å². The smallest absolute Gasteiger partial charge is 0.0919 e. The molecule has 0 N–H and O–H groups in total. The molecule has 2 aromatic carbocycles. The van der Waals surface area contributed by atoms with E-state index in [1.165, 1.54) is 47.7 Å². The molecule has 1 aliphatic heterocycles. The van der Waals surface area contributed by atoms with E-state index in [4.69, 9.17) is 11.6 Å². The van der Waals surface area contributed by atoms with E-state index < -0.39 is 0 Å². The molecular formula is C21H19ClN2S. The molecule has 1 saturated heterocycles. The highest BCUT2D eigenvalue weighted by molar-refractivity contribution is 7.13. The average molecular weight is 367 g/mol. The molecular weight excluding hydrogens is 348 g/mol. The van der Waals surface area contributed by atoms with Gasteiger partial charge in [0.1, 0.15) is 0 Å². The van der Waals surface area contributed by atoms with Gasteiger partial charge in [-0.05, 0) is 68.3 Å². The lowest BCUT2D eigenvalue weighted by molar-refractivity contribution is 0.180. The number of hydrogen-bond donors (Lipinski definition) is 0. The van der Waals surface area contributed by atoms with Crippen LogP contribution in [0.4, 0.5) is 0 Å². The Labute approximate surface area is 157 Å². The SMILES string of the molecule is Clc1ccc(-c2nsc3cc(C#CCCCN4CCC4)ccc23)cc1. The van der Waals surface area contributed by atoms with Crippen LogP contribution in [0.1, 0.15) is 24.8 Å². The molecule has 4 heteroatoms. The van der Waals surface area contributed by atoms with Crippen LogP contribution in [0.25, 0.3) is 21.3 Å². The van der Waals surface area contributed by atoms with Crippen molar-refractivity contribution in [3.8, 4) is 23.1 Å². The maximum atomic E-state index is 5.98.